The molecule has 0 aliphatic carbocycles. The molecule has 172 valence electrons. The summed E-state index contributed by atoms with van der Waals surface area (Å²) in [6.45, 7) is 6.50. The number of carbonyl (C=O) groups is 1. The lowest BCUT2D eigenvalue weighted by Gasteiger charge is -2.13. The number of hydrogen-bond acceptors (Lipinski definition) is 7. The summed E-state index contributed by atoms with van der Waals surface area (Å²) in [5.41, 5.74) is 5.90. The summed E-state index contributed by atoms with van der Waals surface area (Å²) in [6.07, 6.45) is 1.55. The second kappa shape index (κ2) is 12.2. The highest BCUT2D eigenvalue weighted by molar-refractivity contribution is 7.99. The Bertz CT molecular complexity index is 1120. The summed E-state index contributed by atoms with van der Waals surface area (Å²) in [7, 11) is 0. The van der Waals surface area contributed by atoms with Gasteiger partial charge in [-0.05, 0) is 56.7 Å². The molecule has 0 spiro atoms. The summed E-state index contributed by atoms with van der Waals surface area (Å²) < 4.78 is 11.6. The number of aromatic nitrogens is 2. The number of thioether (sulfide) groups is 1. The first kappa shape index (κ1) is 24.5. The molecule has 0 aliphatic rings. The van der Waals surface area contributed by atoms with E-state index in [1.807, 2.05) is 57.2 Å². The van der Waals surface area contributed by atoms with Crippen LogP contribution in [0, 0.1) is 13.8 Å². The van der Waals surface area contributed by atoms with Crippen molar-refractivity contribution < 1.29 is 14.3 Å². The molecule has 1 heterocycles. The van der Waals surface area contributed by atoms with E-state index >= 15 is 0 Å². The van der Waals surface area contributed by atoms with E-state index in [1.165, 1.54) is 11.8 Å². The van der Waals surface area contributed by atoms with Crippen LogP contribution >= 0.6 is 23.4 Å². The number of carbonyl (C=O) groups excluding carboxylic acids is 1. The Morgan fingerprint density at radius 1 is 1.09 bits per heavy atom. The minimum absolute atomic E-state index is 0.166. The first-order valence-corrected chi connectivity index (χ1v) is 11.7. The third-order valence-corrected chi connectivity index (χ3v) is 5.52. The Morgan fingerprint density at radius 2 is 1.85 bits per heavy atom. The molecule has 1 amide bonds. The van der Waals surface area contributed by atoms with E-state index in [0.29, 0.717) is 34.9 Å². The fourth-order valence-electron chi connectivity index (χ4n) is 2.86. The van der Waals surface area contributed by atoms with Crippen LogP contribution in [-0.2, 0) is 11.4 Å². The highest BCUT2D eigenvalue weighted by atomic mass is 35.5. The topological polar surface area (TPSA) is 85.7 Å². The van der Waals surface area contributed by atoms with Gasteiger partial charge in [0, 0.05) is 22.0 Å². The van der Waals surface area contributed by atoms with Gasteiger partial charge in [0.2, 0.25) is 0 Å². The molecular formula is C24H25ClN4O3S. The lowest BCUT2D eigenvalue weighted by molar-refractivity contribution is -0.118. The Hall–Kier alpha value is -3.10. The second-order valence-electron chi connectivity index (χ2n) is 7.03. The molecule has 0 atom stereocenters. The van der Waals surface area contributed by atoms with Crippen molar-refractivity contribution in [1.82, 2.24) is 15.4 Å². The van der Waals surface area contributed by atoms with E-state index < -0.39 is 0 Å². The number of halogens is 1. The molecule has 0 unspecified atom stereocenters. The SMILES string of the molecule is CCOc1cc(/C=N\NC(=O)CSc2nc(C)cc(C)n2)ccc1OCc1ccccc1Cl. The van der Waals surface area contributed by atoms with Crippen molar-refractivity contribution >= 4 is 35.5 Å². The molecule has 0 fully saturated rings. The standard InChI is InChI=1S/C24H25ClN4O3S/c1-4-31-22-12-18(9-10-21(22)32-14-19-7-5-6-8-20(19)25)13-26-29-23(30)15-33-24-27-16(2)11-17(3)28-24/h5-13H,4,14-15H2,1-3H3,(H,29,30)/b26-13-. The van der Waals surface area contributed by atoms with Gasteiger partial charge < -0.3 is 9.47 Å². The van der Waals surface area contributed by atoms with Gasteiger partial charge in [0.05, 0.1) is 18.6 Å². The van der Waals surface area contributed by atoms with Crippen molar-refractivity contribution in [2.24, 2.45) is 5.10 Å². The van der Waals surface area contributed by atoms with Crippen molar-refractivity contribution in [1.29, 1.82) is 0 Å². The van der Waals surface area contributed by atoms with Crippen LogP contribution in [0.15, 0.2) is 58.8 Å². The quantitative estimate of drug-likeness (QED) is 0.189. The average molecular weight is 485 g/mol. The number of hydrazone groups is 1. The largest absolute Gasteiger partial charge is 0.490 e. The molecule has 3 aromatic rings. The molecule has 1 aromatic heterocycles. The molecule has 0 saturated heterocycles. The van der Waals surface area contributed by atoms with Gasteiger partial charge in [0.25, 0.3) is 5.91 Å². The van der Waals surface area contributed by atoms with Crippen LogP contribution in [0.25, 0.3) is 0 Å². The molecule has 7 nitrogen and oxygen atoms in total. The highest BCUT2D eigenvalue weighted by Gasteiger charge is 2.09. The average Bonchev–Trinajstić information content (AvgIpc) is 2.78. The predicted molar refractivity (Wildman–Crippen MR) is 131 cm³/mol. The maximum absolute atomic E-state index is 12.1. The minimum Gasteiger partial charge on any atom is -0.490 e. The number of hydrogen-bond donors (Lipinski definition) is 1. The van der Waals surface area contributed by atoms with E-state index in [0.717, 1.165) is 22.5 Å². The zero-order valence-corrected chi connectivity index (χ0v) is 20.2. The monoisotopic (exact) mass is 484 g/mol. The normalized spacial score (nSPS) is 10.9. The van der Waals surface area contributed by atoms with E-state index in [2.05, 4.69) is 20.5 Å². The first-order chi connectivity index (χ1) is 15.9. The molecule has 0 radical (unpaired) electrons. The van der Waals surface area contributed by atoms with E-state index in [1.54, 1.807) is 18.3 Å². The second-order valence-corrected chi connectivity index (χ2v) is 8.38. The Kier molecular flexibility index (Phi) is 9.09. The van der Waals surface area contributed by atoms with Gasteiger partial charge in [-0.15, -0.1) is 0 Å². The number of nitrogens with zero attached hydrogens (tertiary/aromatic N) is 3. The number of aryl methyl sites for hydroxylation is 2. The van der Waals surface area contributed by atoms with Gasteiger partial charge in [0.1, 0.15) is 6.61 Å². The number of ether oxygens (including phenoxy) is 2. The van der Waals surface area contributed by atoms with Gasteiger partial charge in [-0.25, -0.2) is 15.4 Å². The zero-order chi connectivity index (χ0) is 23.6. The van der Waals surface area contributed by atoms with E-state index in [-0.39, 0.29) is 11.7 Å². The van der Waals surface area contributed by atoms with Crippen molar-refractivity contribution in [3.8, 4) is 11.5 Å². The molecular weight excluding hydrogens is 460 g/mol. The molecule has 2 aromatic carbocycles. The zero-order valence-electron chi connectivity index (χ0n) is 18.7. The van der Waals surface area contributed by atoms with Crippen LogP contribution < -0.4 is 14.9 Å². The molecule has 1 N–H and O–H groups in total. The molecule has 3 rings (SSSR count). The van der Waals surface area contributed by atoms with Gasteiger partial charge in [-0.3, -0.25) is 4.79 Å². The lowest BCUT2D eigenvalue weighted by atomic mass is 10.2. The number of amides is 1. The lowest BCUT2D eigenvalue weighted by Crippen LogP contribution is -2.19. The predicted octanol–water partition coefficient (Wildman–Crippen LogP) is 4.97. The number of nitrogens with one attached hydrogen (secondary N) is 1. The number of benzene rings is 2. The van der Waals surface area contributed by atoms with Crippen LogP contribution in [0.5, 0.6) is 11.5 Å². The number of rotatable bonds is 10. The van der Waals surface area contributed by atoms with Gasteiger partial charge in [0.15, 0.2) is 16.7 Å². The molecule has 0 bridgehead atoms. The van der Waals surface area contributed by atoms with Crippen LogP contribution in [0.3, 0.4) is 0 Å². The Labute approximate surface area is 202 Å². The van der Waals surface area contributed by atoms with Crippen LogP contribution in [0.4, 0.5) is 0 Å². The highest BCUT2D eigenvalue weighted by Crippen LogP contribution is 2.29. The summed E-state index contributed by atoms with van der Waals surface area (Å²) in [4.78, 5) is 20.7. The van der Waals surface area contributed by atoms with E-state index in [9.17, 15) is 4.79 Å². The van der Waals surface area contributed by atoms with Crippen molar-refractivity contribution in [2.45, 2.75) is 32.5 Å². The van der Waals surface area contributed by atoms with Gasteiger partial charge >= 0.3 is 0 Å². The Morgan fingerprint density at radius 3 is 2.58 bits per heavy atom. The van der Waals surface area contributed by atoms with Crippen molar-refractivity contribution in [3.63, 3.8) is 0 Å². The smallest absolute Gasteiger partial charge is 0.250 e. The summed E-state index contributed by atoms with van der Waals surface area (Å²) in [5.74, 6) is 1.10. The molecule has 0 saturated carbocycles. The maximum Gasteiger partial charge on any atom is 0.250 e. The van der Waals surface area contributed by atoms with Crippen LogP contribution in [0.1, 0.15) is 29.4 Å². The summed E-state index contributed by atoms with van der Waals surface area (Å²) in [5, 5.41) is 5.25. The van der Waals surface area contributed by atoms with Crippen molar-refractivity contribution in [2.75, 3.05) is 12.4 Å². The van der Waals surface area contributed by atoms with Crippen LogP contribution in [-0.4, -0.2) is 34.4 Å². The fourth-order valence-corrected chi connectivity index (χ4v) is 3.79. The molecule has 0 aliphatic heterocycles. The summed E-state index contributed by atoms with van der Waals surface area (Å²) in [6, 6.07) is 14.9. The first-order valence-electron chi connectivity index (χ1n) is 10.3. The third-order valence-electron chi connectivity index (χ3n) is 4.31. The maximum atomic E-state index is 12.1. The van der Waals surface area contributed by atoms with Gasteiger partial charge in [-0.1, -0.05) is 41.6 Å². The minimum atomic E-state index is -0.247. The van der Waals surface area contributed by atoms with E-state index in [4.69, 9.17) is 21.1 Å². The third kappa shape index (κ3) is 7.76. The fraction of sp³-hybridized carbons (Fsp3) is 0.250. The van der Waals surface area contributed by atoms with Gasteiger partial charge in [-0.2, -0.15) is 5.10 Å². The summed E-state index contributed by atoms with van der Waals surface area (Å²) >= 11 is 7.46. The molecule has 33 heavy (non-hydrogen) atoms. The molecule has 9 heteroatoms. The van der Waals surface area contributed by atoms with Crippen LogP contribution in [0.2, 0.25) is 5.02 Å². The van der Waals surface area contributed by atoms with Crippen molar-refractivity contribution in [3.05, 3.63) is 76.1 Å². The Balaban J connectivity index is 1.56.